The van der Waals surface area contributed by atoms with E-state index in [1.54, 1.807) is 25.4 Å². The van der Waals surface area contributed by atoms with Gasteiger partial charge in [-0.05, 0) is 37.3 Å². The van der Waals surface area contributed by atoms with Crippen LogP contribution in [0.2, 0.25) is 0 Å². The third-order valence-electron chi connectivity index (χ3n) is 4.71. The summed E-state index contributed by atoms with van der Waals surface area (Å²) in [4.78, 5) is 27.0. The van der Waals surface area contributed by atoms with Gasteiger partial charge in [0.1, 0.15) is 17.9 Å². The molecule has 0 saturated carbocycles. The fraction of sp³-hybridized carbons (Fsp3) is 0.238. The number of amides is 1. The zero-order chi connectivity index (χ0) is 22.9. The quantitative estimate of drug-likeness (QED) is 0.622. The van der Waals surface area contributed by atoms with E-state index in [2.05, 4.69) is 25.0 Å². The molecule has 2 aromatic heterocycles. The number of alkyl halides is 3. The third kappa shape index (κ3) is 4.94. The molecule has 0 spiro atoms. The van der Waals surface area contributed by atoms with Gasteiger partial charge in [-0.1, -0.05) is 0 Å². The second-order valence-electron chi connectivity index (χ2n) is 7.60. The van der Waals surface area contributed by atoms with E-state index < -0.39 is 23.6 Å². The van der Waals surface area contributed by atoms with Crippen molar-refractivity contribution in [1.82, 2.24) is 15.0 Å². The number of pyridine rings is 1. The van der Waals surface area contributed by atoms with Gasteiger partial charge in [0.15, 0.2) is 0 Å². The van der Waals surface area contributed by atoms with Crippen LogP contribution in [0, 0.1) is 0 Å². The van der Waals surface area contributed by atoms with Crippen molar-refractivity contribution in [3.63, 3.8) is 0 Å². The normalized spacial score (nSPS) is 15.1. The summed E-state index contributed by atoms with van der Waals surface area (Å²) in [5, 5.41) is 12.7. The zero-order valence-electron chi connectivity index (χ0n) is 16.8. The molecule has 8 nitrogen and oxygen atoms in total. The summed E-state index contributed by atoms with van der Waals surface area (Å²) in [5.41, 5.74) is 0.962. The average Bonchev–Trinajstić information content (AvgIpc) is 2.72. The Morgan fingerprint density at radius 1 is 1.16 bits per heavy atom. The molecule has 1 aliphatic heterocycles. The number of rotatable bonds is 5. The molecule has 0 radical (unpaired) electrons. The van der Waals surface area contributed by atoms with Crippen LogP contribution in [0.3, 0.4) is 0 Å². The third-order valence-corrected chi connectivity index (χ3v) is 4.71. The summed E-state index contributed by atoms with van der Waals surface area (Å²) in [6, 6.07) is 6.44. The standard InChI is InChI=1S/C21H18F3N5O3/c1-20(31)10-29(11-20)18-17(14-7-25-12-26-8-14)6-13(9-27-18)19(30)28-15-2-4-16(5-3-15)32-21(22,23)24/h2-9,12,31H,10-11H2,1H3,(H,28,30). The van der Waals surface area contributed by atoms with Crippen LogP contribution in [0.1, 0.15) is 17.3 Å². The summed E-state index contributed by atoms with van der Waals surface area (Å²) in [7, 11) is 0. The number of aliphatic hydroxyl groups is 1. The molecule has 0 unspecified atom stereocenters. The predicted molar refractivity (Wildman–Crippen MR) is 109 cm³/mol. The molecule has 3 aromatic rings. The van der Waals surface area contributed by atoms with Gasteiger partial charge in [0.2, 0.25) is 0 Å². The van der Waals surface area contributed by atoms with Crippen LogP contribution >= 0.6 is 0 Å². The first-order valence-electron chi connectivity index (χ1n) is 9.50. The van der Waals surface area contributed by atoms with Crippen LogP contribution in [0.25, 0.3) is 11.1 Å². The monoisotopic (exact) mass is 445 g/mol. The SMILES string of the molecule is CC1(O)CN(c2ncc(C(=O)Nc3ccc(OC(F)(F)F)cc3)cc2-c2cncnc2)C1. The first kappa shape index (κ1) is 21.5. The maximum Gasteiger partial charge on any atom is 0.573 e. The largest absolute Gasteiger partial charge is 0.573 e. The van der Waals surface area contributed by atoms with Gasteiger partial charge < -0.3 is 20.1 Å². The number of hydrogen-bond donors (Lipinski definition) is 2. The smallest absolute Gasteiger partial charge is 0.406 e. The summed E-state index contributed by atoms with van der Waals surface area (Å²) >= 11 is 0. The molecule has 0 aliphatic carbocycles. The molecule has 1 fully saturated rings. The van der Waals surface area contributed by atoms with Crippen LogP contribution in [-0.4, -0.2) is 51.0 Å². The number of anilines is 2. The van der Waals surface area contributed by atoms with Gasteiger partial charge in [-0.15, -0.1) is 13.2 Å². The van der Waals surface area contributed by atoms with E-state index in [0.29, 0.717) is 30.0 Å². The van der Waals surface area contributed by atoms with Crippen molar-refractivity contribution in [2.45, 2.75) is 18.9 Å². The highest BCUT2D eigenvalue weighted by molar-refractivity contribution is 6.05. The minimum Gasteiger partial charge on any atom is -0.406 e. The number of β-amino-alcohol motifs (C(OH)–C–C–N with tert-alkyl or cyclic N) is 1. The van der Waals surface area contributed by atoms with Gasteiger partial charge in [-0.3, -0.25) is 4.79 Å². The van der Waals surface area contributed by atoms with E-state index in [0.717, 1.165) is 12.1 Å². The van der Waals surface area contributed by atoms with Crippen molar-refractivity contribution in [2.24, 2.45) is 0 Å². The number of hydrogen-bond acceptors (Lipinski definition) is 7. The topological polar surface area (TPSA) is 100 Å². The number of aromatic nitrogens is 3. The average molecular weight is 445 g/mol. The number of nitrogens with one attached hydrogen (secondary N) is 1. The van der Waals surface area contributed by atoms with E-state index in [4.69, 9.17) is 0 Å². The molecule has 0 bridgehead atoms. The molecule has 1 aliphatic rings. The predicted octanol–water partition coefficient (Wildman–Crippen LogP) is 3.26. The van der Waals surface area contributed by atoms with Gasteiger partial charge in [0.25, 0.3) is 5.91 Å². The fourth-order valence-electron chi connectivity index (χ4n) is 3.35. The van der Waals surface area contributed by atoms with E-state index in [9.17, 15) is 23.1 Å². The van der Waals surface area contributed by atoms with Crippen molar-refractivity contribution < 1.29 is 27.8 Å². The number of nitrogens with zero attached hydrogens (tertiary/aromatic N) is 4. The Hall–Kier alpha value is -3.73. The van der Waals surface area contributed by atoms with Gasteiger partial charge >= 0.3 is 6.36 Å². The van der Waals surface area contributed by atoms with Crippen LogP contribution < -0.4 is 15.0 Å². The molecule has 3 heterocycles. The Morgan fingerprint density at radius 3 is 2.41 bits per heavy atom. The Kier molecular flexibility index (Phi) is 5.43. The number of benzene rings is 1. The molecule has 166 valence electrons. The maximum atomic E-state index is 12.7. The Labute approximate surface area is 180 Å². The molecule has 1 saturated heterocycles. The lowest BCUT2D eigenvalue weighted by Crippen LogP contribution is -2.60. The zero-order valence-corrected chi connectivity index (χ0v) is 16.8. The molecule has 0 atom stereocenters. The summed E-state index contributed by atoms with van der Waals surface area (Å²) < 4.78 is 40.7. The van der Waals surface area contributed by atoms with E-state index in [1.807, 2.05) is 4.90 Å². The Bertz CT molecular complexity index is 1110. The maximum absolute atomic E-state index is 12.7. The summed E-state index contributed by atoms with van der Waals surface area (Å²) in [5.74, 6) is -0.308. The van der Waals surface area contributed by atoms with Crippen molar-refractivity contribution in [1.29, 1.82) is 0 Å². The van der Waals surface area contributed by atoms with Crippen LogP contribution in [-0.2, 0) is 0 Å². The van der Waals surface area contributed by atoms with Crippen molar-refractivity contribution in [3.8, 4) is 16.9 Å². The van der Waals surface area contributed by atoms with Crippen molar-refractivity contribution >= 4 is 17.4 Å². The molecule has 1 aromatic carbocycles. The fourth-order valence-corrected chi connectivity index (χ4v) is 3.35. The van der Waals surface area contributed by atoms with E-state index >= 15 is 0 Å². The Morgan fingerprint density at radius 2 is 1.81 bits per heavy atom. The first-order valence-corrected chi connectivity index (χ1v) is 9.50. The molecular formula is C21H18F3N5O3. The van der Waals surface area contributed by atoms with Crippen molar-refractivity contribution in [3.05, 3.63) is 60.8 Å². The number of ether oxygens (including phenoxy) is 1. The highest BCUT2D eigenvalue weighted by atomic mass is 19.4. The lowest BCUT2D eigenvalue weighted by Gasteiger charge is -2.45. The number of carbonyl (C=O) groups is 1. The van der Waals surface area contributed by atoms with Gasteiger partial charge in [0.05, 0.1) is 11.2 Å². The van der Waals surface area contributed by atoms with Crippen LogP contribution in [0.15, 0.2) is 55.2 Å². The lowest BCUT2D eigenvalue weighted by atomic mass is 9.95. The minimum atomic E-state index is -4.79. The van der Waals surface area contributed by atoms with Gasteiger partial charge in [-0.2, -0.15) is 0 Å². The van der Waals surface area contributed by atoms with E-state index in [1.165, 1.54) is 24.7 Å². The minimum absolute atomic E-state index is 0.232. The highest BCUT2D eigenvalue weighted by Gasteiger charge is 2.38. The summed E-state index contributed by atoms with van der Waals surface area (Å²) in [6.07, 6.45) is 1.17. The molecule has 2 N–H and O–H groups in total. The second kappa shape index (κ2) is 8.08. The molecule has 4 rings (SSSR count). The van der Waals surface area contributed by atoms with Crippen LogP contribution in [0.4, 0.5) is 24.7 Å². The number of carbonyl (C=O) groups excluding carboxylic acids is 1. The van der Waals surface area contributed by atoms with Gasteiger partial charge in [-0.25, -0.2) is 15.0 Å². The van der Waals surface area contributed by atoms with Crippen LogP contribution in [0.5, 0.6) is 5.75 Å². The lowest BCUT2D eigenvalue weighted by molar-refractivity contribution is -0.274. The van der Waals surface area contributed by atoms with Crippen molar-refractivity contribution in [2.75, 3.05) is 23.3 Å². The molecule has 1 amide bonds. The second-order valence-corrected chi connectivity index (χ2v) is 7.60. The van der Waals surface area contributed by atoms with Gasteiger partial charge in [0, 0.05) is 48.5 Å². The Balaban J connectivity index is 1.56. The van der Waals surface area contributed by atoms with E-state index in [-0.39, 0.29) is 11.3 Å². The number of halogens is 3. The molecule has 32 heavy (non-hydrogen) atoms. The summed E-state index contributed by atoms with van der Waals surface area (Å²) in [6.45, 7) is 2.50. The molecule has 11 heteroatoms. The molecular weight excluding hydrogens is 427 g/mol. The highest BCUT2D eigenvalue weighted by Crippen LogP contribution is 2.34. The first-order chi connectivity index (χ1) is 15.1.